The van der Waals surface area contributed by atoms with E-state index >= 15 is 8.78 Å². The average Bonchev–Trinajstić information content (AvgIpc) is 3.71. The van der Waals surface area contributed by atoms with Crippen molar-refractivity contribution in [2.75, 3.05) is 18.9 Å². The molecule has 4 aromatic rings. The molecule has 0 saturated carbocycles. The van der Waals surface area contributed by atoms with Crippen LogP contribution in [0.5, 0.6) is 0 Å². The molecule has 3 fully saturated rings. The summed E-state index contributed by atoms with van der Waals surface area (Å²) in [5.41, 5.74) is 4.93. The van der Waals surface area contributed by atoms with Gasteiger partial charge in [-0.05, 0) is 0 Å². The lowest BCUT2D eigenvalue weighted by atomic mass is 10.1. The Morgan fingerprint density at radius 3 is 2.13 bits per heavy atom. The number of halogens is 3. The number of nitrogen functional groups attached to an aromatic ring is 1. The zero-order chi connectivity index (χ0) is 31.8. The topological polar surface area (TPSA) is 210 Å². The molecule has 3 aliphatic rings. The normalized spacial score (nSPS) is 37.7. The van der Waals surface area contributed by atoms with Crippen LogP contribution in [0.3, 0.4) is 0 Å². The van der Waals surface area contributed by atoms with Crippen LogP contribution in [0.25, 0.3) is 22.2 Å². The van der Waals surface area contributed by atoms with Gasteiger partial charge in [0.05, 0.1) is 25.9 Å². The summed E-state index contributed by atoms with van der Waals surface area (Å²) in [5, 5.41) is -0.478. The molecule has 4 aromatic heterocycles. The van der Waals surface area contributed by atoms with Crippen LogP contribution in [0, 0.1) is 5.82 Å². The molecule has 4 radical (unpaired) electrons. The molecule has 3 N–H and O–H groups in total. The SMILES string of the molecule is [B][P@]1(=O)OC[C@H]2O[C@@H](n3cc(F)c4c(=O)[nH]cnc43)[C@@H](F)C2O[P@]([B])(=O)OC[C@H]2O[C@@H](n3cnc4c(N)ncnc43)[C@@H](F)C2O1. The van der Waals surface area contributed by atoms with Crippen LogP contribution in [-0.4, -0.2) is 99.2 Å². The maximum Gasteiger partial charge on any atom is 0.264 e. The van der Waals surface area contributed by atoms with Crippen molar-refractivity contribution < 1.29 is 49.9 Å². The number of rotatable bonds is 2. The minimum Gasteiger partial charge on any atom is -0.382 e. The number of ether oxygens (including phenoxy) is 2. The van der Waals surface area contributed by atoms with Crippen molar-refractivity contribution in [2.45, 2.75) is 49.2 Å². The summed E-state index contributed by atoms with van der Waals surface area (Å²) in [6.45, 7) is -1.61. The first-order chi connectivity index (χ1) is 21.3. The predicted octanol–water partition coefficient (Wildman–Crippen LogP) is 1.13. The minimum atomic E-state index is -4.69. The van der Waals surface area contributed by atoms with Gasteiger partial charge in [-0.25, -0.2) is 33.1 Å². The number of aromatic amines is 1. The Hall–Kier alpha value is -3.09. The lowest BCUT2D eigenvalue weighted by molar-refractivity contribution is -0.0548. The summed E-state index contributed by atoms with van der Waals surface area (Å²) >= 11 is 0. The van der Waals surface area contributed by atoms with Gasteiger partial charge < -0.3 is 38.3 Å². The van der Waals surface area contributed by atoms with E-state index in [1.807, 2.05) is 0 Å². The van der Waals surface area contributed by atoms with Crippen molar-refractivity contribution in [3.63, 3.8) is 0 Å². The van der Waals surface area contributed by atoms with E-state index in [4.69, 9.17) is 48.4 Å². The number of nitrogens with one attached hydrogen (secondary N) is 1. The maximum absolute atomic E-state index is 15.9. The summed E-state index contributed by atoms with van der Waals surface area (Å²) in [7, 11) is 2.20. The fourth-order valence-electron chi connectivity index (χ4n) is 5.41. The Morgan fingerprint density at radius 1 is 0.911 bits per heavy atom. The third-order valence-corrected chi connectivity index (χ3v) is 9.51. The van der Waals surface area contributed by atoms with Crippen LogP contribution in [-0.2, 0) is 36.7 Å². The second kappa shape index (κ2) is 11.0. The number of nitrogens with two attached hydrogens (primary N) is 1. The minimum absolute atomic E-state index is 0.0144. The number of hydrogen-bond donors (Lipinski definition) is 2. The van der Waals surface area contributed by atoms with Crippen LogP contribution in [0.2, 0.25) is 0 Å². The number of nitrogens with zero attached hydrogens (tertiary/aromatic N) is 6. The van der Waals surface area contributed by atoms with Crippen molar-refractivity contribution in [3.05, 3.63) is 41.3 Å². The van der Waals surface area contributed by atoms with E-state index in [0.29, 0.717) is 0 Å². The standard InChI is InChI=1S/C21H19B2F3N8O9P2/c22-44(36)39-3-9-15(12(26)21(41-9)34-6-32-13-16(27)28-4-30-18(13)34)43-45(23,37)38-2-8-14(42-44)11(25)20(40-8)33-1-7(24)10-17(33)29-5-31-19(10)35/h1,4-6,8-9,11-12,14-15,20-21H,2-3H2,(H2,27,28,30)(H,29,31,35)/t8-,9-,11+,12+,14?,15?,20-,21-,44-,45+/m1/s1. The lowest BCUT2D eigenvalue weighted by Crippen LogP contribution is -2.37. The van der Waals surface area contributed by atoms with Gasteiger partial charge in [0.1, 0.15) is 41.6 Å². The van der Waals surface area contributed by atoms with Gasteiger partial charge in [-0.3, -0.25) is 23.1 Å². The molecule has 0 amide bonds. The van der Waals surface area contributed by atoms with Crippen LogP contribution in [0.4, 0.5) is 19.0 Å². The molecule has 2 unspecified atom stereocenters. The van der Waals surface area contributed by atoms with E-state index in [0.717, 1.165) is 23.4 Å². The third-order valence-electron chi connectivity index (χ3n) is 7.41. The Labute approximate surface area is 251 Å². The highest BCUT2D eigenvalue weighted by Gasteiger charge is 2.53. The molecule has 10 atom stereocenters. The molecule has 24 heteroatoms. The van der Waals surface area contributed by atoms with Gasteiger partial charge in [-0.1, -0.05) is 0 Å². The molecule has 234 valence electrons. The first-order valence-corrected chi connectivity index (χ1v) is 16.2. The van der Waals surface area contributed by atoms with Crippen molar-refractivity contribution in [1.29, 1.82) is 0 Å². The zero-order valence-electron chi connectivity index (χ0n) is 22.5. The molecular formula is C21H19B2F3N8O9P2. The highest BCUT2D eigenvalue weighted by atomic mass is 31.2. The summed E-state index contributed by atoms with van der Waals surface area (Å²) in [6, 6.07) is 0. The Kier molecular flexibility index (Phi) is 7.48. The first kappa shape index (κ1) is 30.6. The largest absolute Gasteiger partial charge is 0.382 e. The molecule has 3 saturated heterocycles. The fraction of sp³-hybridized carbons (Fsp3) is 0.476. The van der Waals surface area contributed by atoms with Crippen LogP contribution in [0.1, 0.15) is 12.5 Å². The quantitative estimate of drug-likeness (QED) is 0.227. The summed E-state index contributed by atoms with van der Waals surface area (Å²) in [4.78, 5) is 30.1. The van der Waals surface area contributed by atoms with Crippen LogP contribution >= 0.6 is 14.9 Å². The number of fused-ring (bicyclic) bond motifs is 4. The van der Waals surface area contributed by atoms with E-state index in [1.165, 1.54) is 10.9 Å². The number of H-pyrrole nitrogens is 1. The van der Waals surface area contributed by atoms with E-state index in [9.17, 15) is 18.3 Å². The van der Waals surface area contributed by atoms with Crippen molar-refractivity contribution in [2.24, 2.45) is 0 Å². The average molecular weight is 668 g/mol. The molecule has 0 aromatic carbocycles. The highest BCUT2D eigenvalue weighted by Crippen LogP contribution is 2.54. The van der Waals surface area contributed by atoms with Gasteiger partial charge in [0.15, 0.2) is 47.7 Å². The van der Waals surface area contributed by atoms with Crippen LogP contribution in [0.15, 0.2) is 30.0 Å². The molecule has 17 nitrogen and oxygen atoms in total. The van der Waals surface area contributed by atoms with Gasteiger partial charge in [-0.15, -0.1) is 0 Å². The van der Waals surface area contributed by atoms with Gasteiger partial charge in [0, 0.05) is 6.20 Å². The molecule has 0 spiro atoms. The molecule has 3 aliphatic heterocycles. The second-order valence-electron chi connectivity index (χ2n) is 10.2. The molecule has 7 rings (SSSR count). The lowest BCUT2D eigenvalue weighted by Gasteiger charge is -2.29. The second-order valence-corrected chi connectivity index (χ2v) is 13.3. The number of imidazole rings is 1. The Bertz CT molecular complexity index is 1950. The van der Waals surface area contributed by atoms with Crippen molar-refractivity contribution >= 4 is 58.1 Å². The predicted molar refractivity (Wildman–Crippen MR) is 146 cm³/mol. The zero-order valence-corrected chi connectivity index (χ0v) is 24.2. The van der Waals surface area contributed by atoms with Gasteiger partial charge >= 0.3 is 0 Å². The van der Waals surface area contributed by atoms with Crippen molar-refractivity contribution in [1.82, 2.24) is 34.1 Å². The number of alkyl halides is 2. The Morgan fingerprint density at radius 2 is 1.51 bits per heavy atom. The van der Waals surface area contributed by atoms with Crippen LogP contribution < -0.4 is 11.3 Å². The number of hydrogen-bond acceptors (Lipinski definition) is 14. The fourth-order valence-corrected chi connectivity index (χ4v) is 7.42. The van der Waals surface area contributed by atoms with Crippen molar-refractivity contribution in [3.8, 4) is 0 Å². The molecule has 7 heterocycles. The number of anilines is 1. The molecule has 0 bridgehead atoms. The monoisotopic (exact) mass is 668 g/mol. The van der Waals surface area contributed by atoms with Gasteiger partial charge in [0.2, 0.25) is 15.1 Å². The third kappa shape index (κ3) is 5.32. The van der Waals surface area contributed by atoms with E-state index < -0.39 is 94.1 Å². The summed E-state index contributed by atoms with van der Waals surface area (Å²) < 4.78 is 107. The summed E-state index contributed by atoms with van der Waals surface area (Å²) in [6.07, 6.45) is -10.2. The van der Waals surface area contributed by atoms with Gasteiger partial charge in [0.25, 0.3) is 20.5 Å². The van der Waals surface area contributed by atoms with Gasteiger partial charge in [-0.2, -0.15) is 0 Å². The number of aromatic nitrogens is 7. The maximum atomic E-state index is 15.9. The molecular weight excluding hydrogens is 649 g/mol. The smallest absolute Gasteiger partial charge is 0.264 e. The van der Waals surface area contributed by atoms with E-state index in [2.05, 4.69) is 24.9 Å². The Balaban J connectivity index is 1.17. The summed E-state index contributed by atoms with van der Waals surface area (Å²) in [5.74, 6) is -1.02. The first-order valence-electron chi connectivity index (χ1n) is 13.0. The highest BCUT2D eigenvalue weighted by molar-refractivity contribution is 7.79. The molecule has 45 heavy (non-hydrogen) atoms. The van der Waals surface area contributed by atoms with E-state index in [-0.39, 0.29) is 22.6 Å². The molecule has 0 aliphatic carbocycles. The van der Waals surface area contributed by atoms with E-state index in [1.54, 1.807) is 0 Å².